The summed E-state index contributed by atoms with van der Waals surface area (Å²) in [6, 6.07) is 20.8. The van der Waals surface area contributed by atoms with E-state index < -0.39 is 0 Å². The van der Waals surface area contributed by atoms with Crippen LogP contribution in [0, 0.1) is 0 Å². The second-order valence-corrected chi connectivity index (χ2v) is 7.31. The summed E-state index contributed by atoms with van der Waals surface area (Å²) in [4.78, 5) is 15.9. The molecule has 0 saturated heterocycles. The molecule has 6 heteroatoms. The van der Waals surface area contributed by atoms with Crippen molar-refractivity contribution in [2.24, 2.45) is 0 Å². The number of aliphatic hydroxyl groups excluding tert-OH is 1. The van der Waals surface area contributed by atoms with Crippen LogP contribution in [-0.2, 0) is 22.7 Å². The van der Waals surface area contributed by atoms with Gasteiger partial charge in [0.25, 0.3) is 0 Å². The summed E-state index contributed by atoms with van der Waals surface area (Å²) < 4.78 is 6.71. The first kappa shape index (κ1) is 20.2. The Morgan fingerprint density at radius 3 is 2.25 bits per heavy atom. The third-order valence-corrected chi connectivity index (χ3v) is 5.62. The standard InChI is InChI=1S/C22H24N2O3S/c1-27-21(26)16-28-22-23-14-19(15-25)24(22)13-12-20(17-8-4-2-5-9-17)18-10-6-3-7-11-18/h2-11,14,20,25H,12-13,15-16H2,1H3. The van der Waals surface area contributed by atoms with Crippen molar-refractivity contribution in [2.75, 3.05) is 12.9 Å². The van der Waals surface area contributed by atoms with Gasteiger partial charge in [0, 0.05) is 12.5 Å². The van der Waals surface area contributed by atoms with Crippen molar-refractivity contribution in [3.63, 3.8) is 0 Å². The highest BCUT2D eigenvalue weighted by molar-refractivity contribution is 7.99. The summed E-state index contributed by atoms with van der Waals surface area (Å²) in [7, 11) is 1.37. The van der Waals surface area contributed by atoms with Gasteiger partial charge in [0.2, 0.25) is 0 Å². The Morgan fingerprint density at radius 1 is 1.11 bits per heavy atom. The Bertz CT molecular complexity index is 842. The smallest absolute Gasteiger partial charge is 0.316 e. The lowest BCUT2D eigenvalue weighted by molar-refractivity contribution is -0.137. The van der Waals surface area contributed by atoms with Crippen molar-refractivity contribution in [3.05, 3.63) is 83.7 Å². The monoisotopic (exact) mass is 396 g/mol. The number of aromatic nitrogens is 2. The average Bonchev–Trinajstić information content (AvgIpc) is 3.15. The van der Waals surface area contributed by atoms with Crippen LogP contribution in [0.25, 0.3) is 0 Å². The minimum absolute atomic E-state index is 0.0902. The summed E-state index contributed by atoms with van der Waals surface area (Å²) in [6.45, 7) is 0.598. The number of thioether (sulfide) groups is 1. The molecule has 0 aliphatic carbocycles. The fourth-order valence-electron chi connectivity index (χ4n) is 3.21. The minimum atomic E-state index is -0.295. The molecule has 0 bridgehead atoms. The van der Waals surface area contributed by atoms with E-state index in [1.165, 1.54) is 30.0 Å². The first-order valence-electron chi connectivity index (χ1n) is 9.17. The number of hydrogen-bond donors (Lipinski definition) is 1. The van der Waals surface area contributed by atoms with E-state index >= 15 is 0 Å². The normalized spacial score (nSPS) is 11.0. The van der Waals surface area contributed by atoms with Crippen LogP contribution in [0.1, 0.15) is 29.2 Å². The molecule has 5 nitrogen and oxygen atoms in total. The van der Waals surface area contributed by atoms with Crippen LogP contribution >= 0.6 is 11.8 Å². The Labute approximate surface area is 169 Å². The van der Waals surface area contributed by atoms with Gasteiger partial charge in [0.05, 0.1) is 31.4 Å². The lowest BCUT2D eigenvalue weighted by atomic mass is 9.88. The van der Waals surface area contributed by atoms with Gasteiger partial charge >= 0.3 is 5.97 Å². The highest BCUT2D eigenvalue weighted by atomic mass is 32.2. The van der Waals surface area contributed by atoms with Crippen LogP contribution in [0.15, 0.2) is 72.0 Å². The van der Waals surface area contributed by atoms with Gasteiger partial charge in [0.15, 0.2) is 5.16 Å². The first-order valence-corrected chi connectivity index (χ1v) is 10.2. The van der Waals surface area contributed by atoms with E-state index in [4.69, 9.17) is 4.74 Å². The van der Waals surface area contributed by atoms with Crippen molar-refractivity contribution in [1.29, 1.82) is 0 Å². The zero-order valence-electron chi connectivity index (χ0n) is 15.8. The molecule has 3 aromatic rings. The molecule has 0 aliphatic rings. The molecule has 1 heterocycles. The fourth-order valence-corrected chi connectivity index (χ4v) is 4.07. The van der Waals surface area contributed by atoms with E-state index in [1.807, 2.05) is 16.7 Å². The van der Waals surface area contributed by atoms with Gasteiger partial charge in [-0.05, 0) is 17.5 Å². The maximum Gasteiger partial charge on any atom is 0.316 e. The lowest BCUT2D eigenvalue weighted by Crippen LogP contribution is -2.11. The second-order valence-electron chi connectivity index (χ2n) is 6.37. The summed E-state index contributed by atoms with van der Waals surface area (Å²) in [6.07, 6.45) is 2.52. The first-order chi connectivity index (χ1) is 13.7. The zero-order valence-corrected chi connectivity index (χ0v) is 16.6. The topological polar surface area (TPSA) is 64.3 Å². The van der Waals surface area contributed by atoms with Crippen molar-refractivity contribution in [1.82, 2.24) is 9.55 Å². The average molecular weight is 397 g/mol. The van der Waals surface area contributed by atoms with Crippen LogP contribution in [0.5, 0.6) is 0 Å². The second kappa shape index (κ2) is 10.1. The SMILES string of the molecule is COC(=O)CSc1ncc(CO)n1CCC(c1ccccc1)c1ccccc1. The third-order valence-electron chi connectivity index (χ3n) is 4.66. The molecule has 1 aromatic heterocycles. The zero-order chi connectivity index (χ0) is 19.8. The molecular weight excluding hydrogens is 372 g/mol. The molecule has 0 unspecified atom stereocenters. The molecule has 0 aliphatic heterocycles. The Hall–Kier alpha value is -2.57. The van der Waals surface area contributed by atoms with Crippen LogP contribution in [0.3, 0.4) is 0 Å². The minimum Gasteiger partial charge on any atom is -0.468 e. The number of methoxy groups -OCH3 is 1. The van der Waals surface area contributed by atoms with Gasteiger partial charge in [-0.2, -0.15) is 0 Å². The molecule has 0 atom stereocenters. The Kier molecular flexibility index (Phi) is 7.28. The van der Waals surface area contributed by atoms with Gasteiger partial charge in [-0.3, -0.25) is 4.79 Å². The van der Waals surface area contributed by atoms with Crippen molar-refractivity contribution >= 4 is 17.7 Å². The largest absolute Gasteiger partial charge is 0.468 e. The molecule has 0 spiro atoms. The Balaban J connectivity index is 1.81. The number of aliphatic hydroxyl groups is 1. The molecule has 146 valence electrons. The van der Waals surface area contributed by atoms with Crippen LogP contribution in [0.4, 0.5) is 0 Å². The molecular formula is C22H24N2O3S. The van der Waals surface area contributed by atoms with E-state index in [0.29, 0.717) is 11.7 Å². The van der Waals surface area contributed by atoms with Gasteiger partial charge in [-0.1, -0.05) is 72.4 Å². The van der Waals surface area contributed by atoms with Crippen molar-refractivity contribution in [3.8, 4) is 0 Å². The number of ether oxygens (including phenoxy) is 1. The number of esters is 1. The highest BCUT2D eigenvalue weighted by Crippen LogP contribution is 2.30. The molecule has 1 N–H and O–H groups in total. The number of benzene rings is 2. The van der Waals surface area contributed by atoms with E-state index in [-0.39, 0.29) is 24.2 Å². The number of carbonyl (C=O) groups is 1. The molecule has 28 heavy (non-hydrogen) atoms. The van der Waals surface area contributed by atoms with Crippen LogP contribution in [-0.4, -0.2) is 33.5 Å². The fraction of sp³-hybridized carbons (Fsp3) is 0.273. The quantitative estimate of drug-likeness (QED) is 0.439. The number of rotatable bonds is 9. The summed E-state index contributed by atoms with van der Waals surface area (Å²) in [5, 5.41) is 10.4. The predicted octanol–water partition coefficient (Wildman–Crippen LogP) is 3.86. The molecule has 0 radical (unpaired) electrons. The Morgan fingerprint density at radius 2 is 1.71 bits per heavy atom. The maximum absolute atomic E-state index is 11.5. The number of hydrogen-bond acceptors (Lipinski definition) is 5. The molecule has 2 aromatic carbocycles. The number of imidazole rings is 1. The maximum atomic E-state index is 11.5. The predicted molar refractivity (Wildman–Crippen MR) is 110 cm³/mol. The van der Waals surface area contributed by atoms with E-state index in [1.54, 1.807) is 6.20 Å². The molecule has 0 amide bonds. The highest BCUT2D eigenvalue weighted by Gasteiger charge is 2.17. The van der Waals surface area contributed by atoms with Crippen LogP contribution < -0.4 is 0 Å². The van der Waals surface area contributed by atoms with E-state index in [2.05, 4.69) is 53.5 Å². The number of carbonyl (C=O) groups excluding carboxylic acids is 1. The molecule has 0 saturated carbocycles. The third kappa shape index (κ3) is 5.03. The van der Waals surface area contributed by atoms with Crippen molar-refractivity contribution in [2.45, 2.75) is 30.6 Å². The molecule has 3 rings (SSSR count). The lowest BCUT2D eigenvalue weighted by Gasteiger charge is -2.20. The summed E-state index contributed by atoms with van der Waals surface area (Å²) in [5.41, 5.74) is 3.25. The van der Waals surface area contributed by atoms with Crippen molar-refractivity contribution < 1.29 is 14.6 Å². The summed E-state index contributed by atoms with van der Waals surface area (Å²) in [5.74, 6) is 0.130. The number of nitrogens with zero attached hydrogens (tertiary/aromatic N) is 2. The molecule has 0 fully saturated rings. The van der Waals surface area contributed by atoms with Gasteiger partial charge in [-0.25, -0.2) is 4.98 Å². The van der Waals surface area contributed by atoms with Gasteiger partial charge in [0.1, 0.15) is 0 Å². The van der Waals surface area contributed by atoms with Gasteiger partial charge in [-0.15, -0.1) is 0 Å². The summed E-state index contributed by atoms with van der Waals surface area (Å²) >= 11 is 1.33. The van der Waals surface area contributed by atoms with E-state index in [0.717, 1.165) is 12.1 Å². The van der Waals surface area contributed by atoms with E-state index in [9.17, 15) is 9.90 Å². The van der Waals surface area contributed by atoms with Gasteiger partial charge < -0.3 is 14.4 Å². The van der Waals surface area contributed by atoms with Crippen LogP contribution in [0.2, 0.25) is 0 Å².